The van der Waals surface area contributed by atoms with Crippen molar-refractivity contribution in [1.82, 2.24) is 15.2 Å². The summed E-state index contributed by atoms with van der Waals surface area (Å²) >= 11 is 1.50. The van der Waals surface area contributed by atoms with Crippen LogP contribution in [0.3, 0.4) is 0 Å². The van der Waals surface area contributed by atoms with Gasteiger partial charge in [0.1, 0.15) is 17.1 Å². The van der Waals surface area contributed by atoms with Gasteiger partial charge in [0, 0.05) is 11.6 Å². The molecule has 2 amide bonds. The summed E-state index contributed by atoms with van der Waals surface area (Å²) in [6.07, 6.45) is 1.71. The SMILES string of the molecule is CC1NC(=O)C(C(C)(C)C)N(Cc2nccs2)C1=O. The number of rotatable bonds is 2. The van der Waals surface area contributed by atoms with Crippen molar-refractivity contribution in [1.29, 1.82) is 0 Å². The fraction of sp³-hybridized carbons (Fsp3) is 0.615. The molecule has 2 unspecified atom stereocenters. The third-order valence-electron chi connectivity index (χ3n) is 3.18. The first-order valence-electron chi connectivity index (χ1n) is 6.30. The Kier molecular flexibility index (Phi) is 3.62. The molecule has 6 heteroatoms. The number of nitrogens with one attached hydrogen (secondary N) is 1. The standard InChI is InChI=1S/C13H19N3O2S/c1-8-12(18)16(7-9-14-5-6-19-9)10(11(17)15-8)13(2,3)4/h5-6,8,10H,7H2,1-4H3,(H,15,17). The van der Waals surface area contributed by atoms with Crippen LogP contribution in [0.15, 0.2) is 11.6 Å². The predicted molar refractivity (Wildman–Crippen MR) is 73.5 cm³/mol. The molecule has 104 valence electrons. The molecule has 0 aromatic carbocycles. The number of carbonyl (C=O) groups excluding carboxylic acids is 2. The molecule has 1 aromatic rings. The third kappa shape index (κ3) is 2.78. The minimum absolute atomic E-state index is 0.0466. The quantitative estimate of drug-likeness (QED) is 0.891. The molecule has 0 saturated carbocycles. The van der Waals surface area contributed by atoms with Crippen molar-refractivity contribution in [2.75, 3.05) is 0 Å². The van der Waals surface area contributed by atoms with E-state index in [1.165, 1.54) is 11.3 Å². The fourth-order valence-corrected chi connectivity index (χ4v) is 2.99. The average molecular weight is 281 g/mol. The van der Waals surface area contributed by atoms with Crippen molar-refractivity contribution in [2.24, 2.45) is 5.41 Å². The summed E-state index contributed by atoms with van der Waals surface area (Å²) < 4.78 is 0. The Hall–Kier alpha value is -1.43. The monoisotopic (exact) mass is 281 g/mol. The molecule has 1 saturated heterocycles. The number of thiazole rings is 1. The van der Waals surface area contributed by atoms with Gasteiger partial charge in [-0.15, -0.1) is 11.3 Å². The first-order chi connectivity index (χ1) is 8.80. The summed E-state index contributed by atoms with van der Waals surface area (Å²) in [5.74, 6) is -0.133. The zero-order chi connectivity index (χ0) is 14.2. The lowest BCUT2D eigenvalue weighted by Crippen LogP contribution is -2.65. The summed E-state index contributed by atoms with van der Waals surface area (Å²) in [6, 6.07) is -0.925. The van der Waals surface area contributed by atoms with Gasteiger partial charge in [-0.2, -0.15) is 0 Å². The van der Waals surface area contributed by atoms with Gasteiger partial charge in [0.15, 0.2) is 0 Å². The van der Waals surface area contributed by atoms with Crippen LogP contribution in [0, 0.1) is 5.41 Å². The number of hydrogen-bond donors (Lipinski definition) is 1. The maximum Gasteiger partial charge on any atom is 0.245 e. The van der Waals surface area contributed by atoms with Crippen LogP contribution in [0.4, 0.5) is 0 Å². The van der Waals surface area contributed by atoms with Gasteiger partial charge in [-0.1, -0.05) is 20.8 Å². The van der Waals surface area contributed by atoms with E-state index in [4.69, 9.17) is 0 Å². The molecule has 0 spiro atoms. The molecule has 0 aliphatic carbocycles. The normalized spacial score (nSPS) is 24.5. The van der Waals surface area contributed by atoms with Crippen molar-refractivity contribution < 1.29 is 9.59 Å². The molecular weight excluding hydrogens is 262 g/mol. The van der Waals surface area contributed by atoms with Gasteiger partial charge in [0.05, 0.1) is 6.54 Å². The smallest absolute Gasteiger partial charge is 0.245 e. The van der Waals surface area contributed by atoms with Crippen LogP contribution in [-0.2, 0) is 16.1 Å². The molecule has 2 heterocycles. The van der Waals surface area contributed by atoms with Crippen LogP contribution in [0.1, 0.15) is 32.7 Å². The lowest BCUT2D eigenvalue weighted by Gasteiger charge is -2.43. The Morgan fingerprint density at radius 1 is 1.42 bits per heavy atom. The van der Waals surface area contributed by atoms with E-state index in [2.05, 4.69) is 10.3 Å². The summed E-state index contributed by atoms with van der Waals surface area (Å²) in [5.41, 5.74) is -0.308. The number of carbonyl (C=O) groups is 2. The molecule has 0 radical (unpaired) electrons. The van der Waals surface area contributed by atoms with Gasteiger partial charge in [-0.05, 0) is 12.3 Å². The molecule has 1 aliphatic heterocycles. The van der Waals surface area contributed by atoms with E-state index in [9.17, 15) is 9.59 Å². The van der Waals surface area contributed by atoms with Gasteiger partial charge < -0.3 is 10.2 Å². The Bertz CT molecular complexity index is 479. The van der Waals surface area contributed by atoms with Crippen molar-refractivity contribution >= 4 is 23.2 Å². The van der Waals surface area contributed by atoms with E-state index < -0.39 is 12.1 Å². The molecule has 0 bridgehead atoms. The minimum Gasteiger partial charge on any atom is -0.343 e. The predicted octanol–water partition coefficient (Wildman–Crippen LogP) is 1.40. The second-order valence-corrected chi connectivity index (χ2v) is 6.87. The van der Waals surface area contributed by atoms with Crippen LogP contribution in [0.5, 0.6) is 0 Å². The molecule has 1 fully saturated rings. The Morgan fingerprint density at radius 3 is 2.63 bits per heavy atom. The molecule has 19 heavy (non-hydrogen) atoms. The average Bonchev–Trinajstić information content (AvgIpc) is 2.76. The van der Waals surface area contributed by atoms with Crippen LogP contribution >= 0.6 is 11.3 Å². The van der Waals surface area contributed by atoms with Gasteiger partial charge in [0.25, 0.3) is 0 Å². The van der Waals surface area contributed by atoms with E-state index in [0.29, 0.717) is 6.54 Å². The van der Waals surface area contributed by atoms with Crippen LogP contribution in [0.25, 0.3) is 0 Å². The third-order valence-corrected chi connectivity index (χ3v) is 3.95. The topological polar surface area (TPSA) is 62.3 Å². The van der Waals surface area contributed by atoms with Crippen molar-refractivity contribution in [3.8, 4) is 0 Å². The van der Waals surface area contributed by atoms with Gasteiger partial charge >= 0.3 is 0 Å². The number of aromatic nitrogens is 1. The molecule has 5 nitrogen and oxygen atoms in total. The lowest BCUT2D eigenvalue weighted by molar-refractivity contribution is -0.154. The highest BCUT2D eigenvalue weighted by Gasteiger charge is 2.44. The highest BCUT2D eigenvalue weighted by molar-refractivity contribution is 7.09. The Labute approximate surface area is 117 Å². The van der Waals surface area contributed by atoms with Crippen molar-refractivity contribution in [3.05, 3.63) is 16.6 Å². The highest BCUT2D eigenvalue weighted by Crippen LogP contribution is 2.29. The van der Waals surface area contributed by atoms with Crippen LogP contribution in [0.2, 0.25) is 0 Å². The largest absolute Gasteiger partial charge is 0.343 e. The molecular formula is C13H19N3O2S. The van der Waals surface area contributed by atoms with Gasteiger partial charge in [-0.25, -0.2) is 4.98 Å². The van der Waals surface area contributed by atoms with E-state index in [-0.39, 0.29) is 17.2 Å². The maximum absolute atomic E-state index is 12.3. The number of nitrogens with zero attached hydrogens (tertiary/aromatic N) is 2. The van der Waals surface area contributed by atoms with Crippen LogP contribution in [-0.4, -0.2) is 33.8 Å². The molecule has 2 rings (SSSR count). The first-order valence-corrected chi connectivity index (χ1v) is 7.18. The van der Waals surface area contributed by atoms with E-state index in [1.807, 2.05) is 26.2 Å². The number of amides is 2. The second-order valence-electron chi connectivity index (χ2n) is 5.89. The summed E-state index contributed by atoms with van der Waals surface area (Å²) in [5, 5.41) is 5.47. The van der Waals surface area contributed by atoms with E-state index in [0.717, 1.165) is 5.01 Å². The Balaban J connectivity index is 2.31. The Morgan fingerprint density at radius 2 is 2.11 bits per heavy atom. The second kappa shape index (κ2) is 4.92. The highest BCUT2D eigenvalue weighted by atomic mass is 32.1. The molecule has 1 N–H and O–H groups in total. The number of piperazine rings is 1. The maximum atomic E-state index is 12.3. The van der Waals surface area contributed by atoms with Crippen LogP contribution < -0.4 is 5.32 Å². The van der Waals surface area contributed by atoms with Crippen molar-refractivity contribution in [3.63, 3.8) is 0 Å². The zero-order valence-corrected chi connectivity index (χ0v) is 12.5. The van der Waals surface area contributed by atoms with E-state index >= 15 is 0 Å². The van der Waals surface area contributed by atoms with Gasteiger partial charge in [-0.3, -0.25) is 9.59 Å². The minimum atomic E-state index is -0.467. The summed E-state index contributed by atoms with van der Waals surface area (Å²) in [7, 11) is 0. The van der Waals surface area contributed by atoms with Crippen molar-refractivity contribution in [2.45, 2.75) is 46.3 Å². The molecule has 2 atom stereocenters. The fourth-order valence-electron chi connectivity index (χ4n) is 2.38. The lowest BCUT2D eigenvalue weighted by atomic mass is 9.83. The molecule has 1 aliphatic rings. The first kappa shape index (κ1) is 14.0. The van der Waals surface area contributed by atoms with E-state index in [1.54, 1.807) is 18.0 Å². The van der Waals surface area contributed by atoms with Gasteiger partial charge in [0.2, 0.25) is 11.8 Å². The summed E-state index contributed by atoms with van der Waals surface area (Å²) in [4.78, 5) is 30.4. The summed E-state index contributed by atoms with van der Waals surface area (Å²) in [6.45, 7) is 8.02. The number of hydrogen-bond acceptors (Lipinski definition) is 4. The molecule has 1 aromatic heterocycles. The zero-order valence-electron chi connectivity index (χ0n) is 11.6.